The van der Waals surface area contributed by atoms with E-state index in [0.29, 0.717) is 13.2 Å². The van der Waals surface area contributed by atoms with Gasteiger partial charge in [-0.1, -0.05) is 6.92 Å². The number of hydrogen-bond acceptors (Lipinski definition) is 3. The molecule has 0 aliphatic carbocycles. The molecule has 0 heterocycles. The number of carbonyl (C=O) groups excluding carboxylic acids is 2. The van der Waals surface area contributed by atoms with Gasteiger partial charge in [0.2, 0.25) is 11.8 Å². The van der Waals surface area contributed by atoms with Gasteiger partial charge in [0.25, 0.3) is 0 Å². The molecule has 0 atom stereocenters. The molecule has 0 saturated carbocycles. The molecule has 5 heteroatoms. The van der Waals surface area contributed by atoms with Crippen molar-refractivity contribution in [1.82, 2.24) is 9.80 Å². The second-order valence-corrected chi connectivity index (χ2v) is 3.74. The third kappa shape index (κ3) is 5.70. The SMILES string of the molecule is CCCN(CC(=O)N(C)C)C(=O)COCC. The number of carbonyl (C=O) groups is 2. The summed E-state index contributed by atoms with van der Waals surface area (Å²) in [5.74, 6) is -0.197. The predicted octanol–water partition coefficient (Wildman–Crippen LogP) is 0.350. The van der Waals surface area contributed by atoms with Gasteiger partial charge in [-0.2, -0.15) is 0 Å². The monoisotopic (exact) mass is 230 g/mol. The summed E-state index contributed by atoms with van der Waals surface area (Å²) in [5.41, 5.74) is 0. The molecule has 0 aliphatic heterocycles. The van der Waals surface area contributed by atoms with Crippen molar-refractivity contribution in [1.29, 1.82) is 0 Å². The maximum atomic E-state index is 11.7. The van der Waals surface area contributed by atoms with Gasteiger partial charge < -0.3 is 14.5 Å². The van der Waals surface area contributed by atoms with Crippen LogP contribution in [0.4, 0.5) is 0 Å². The van der Waals surface area contributed by atoms with Crippen LogP contribution in [0.15, 0.2) is 0 Å². The first-order valence-electron chi connectivity index (χ1n) is 5.58. The number of amides is 2. The topological polar surface area (TPSA) is 49.9 Å². The van der Waals surface area contributed by atoms with Crippen molar-refractivity contribution in [2.75, 3.05) is 40.4 Å². The lowest BCUT2D eigenvalue weighted by Crippen LogP contribution is -2.42. The summed E-state index contributed by atoms with van der Waals surface area (Å²) in [6.07, 6.45) is 0.832. The van der Waals surface area contributed by atoms with Crippen LogP contribution in [0, 0.1) is 0 Å². The average Bonchev–Trinajstić information content (AvgIpc) is 2.24. The van der Waals surface area contributed by atoms with Gasteiger partial charge in [-0.05, 0) is 13.3 Å². The minimum absolute atomic E-state index is 0.0528. The lowest BCUT2D eigenvalue weighted by atomic mass is 10.3. The highest BCUT2D eigenvalue weighted by molar-refractivity contribution is 5.85. The van der Waals surface area contributed by atoms with Gasteiger partial charge in [0.1, 0.15) is 6.61 Å². The Balaban J connectivity index is 4.25. The highest BCUT2D eigenvalue weighted by Crippen LogP contribution is 1.96. The van der Waals surface area contributed by atoms with Crippen molar-refractivity contribution in [2.24, 2.45) is 0 Å². The zero-order chi connectivity index (χ0) is 12.6. The molecule has 0 rings (SSSR count). The van der Waals surface area contributed by atoms with Gasteiger partial charge in [-0.3, -0.25) is 9.59 Å². The first-order chi connectivity index (χ1) is 7.52. The molecule has 0 bridgehead atoms. The number of hydrogen-bond donors (Lipinski definition) is 0. The molecule has 2 amide bonds. The lowest BCUT2D eigenvalue weighted by molar-refractivity contribution is -0.142. The highest BCUT2D eigenvalue weighted by atomic mass is 16.5. The van der Waals surface area contributed by atoms with Gasteiger partial charge in [0, 0.05) is 27.2 Å². The Morgan fingerprint density at radius 1 is 1.12 bits per heavy atom. The van der Waals surface area contributed by atoms with E-state index in [1.54, 1.807) is 14.1 Å². The van der Waals surface area contributed by atoms with Crippen molar-refractivity contribution in [3.63, 3.8) is 0 Å². The number of nitrogens with zero attached hydrogens (tertiary/aromatic N) is 2. The molecule has 0 fully saturated rings. The van der Waals surface area contributed by atoms with Crippen LogP contribution in [0.2, 0.25) is 0 Å². The molecular formula is C11H22N2O3. The van der Waals surface area contributed by atoms with Crippen molar-refractivity contribution in [3.8, 4) is 0 Å². The van der Waals surface area contributed by atoms with Crippen LogP contribution in [0.3, 0.4) is 0 Å². The number of ether oxygens (including phenoxy) is 1. The van der Waals surface area contributed by atoms with Gasteiger partial charge in [-0.15, -0.1) is 0 Å². The van der Waals surface area contributed by atoms with Crippen molar-refractivity contribution in [3.05, 3.63) is 0 Å². The summed E-state index contributed by atoms with van der Waals surface area (Å²) in [6, 6.07) is 0. The fourth-order valence-corrected chi connectivity index (χ4v) is 1.15. The quantitative estimate of drug-likeness (QED) is 0.634. The van der Waals surface area contributed by atoms with E-state index in [-0.39, 0.29) is 25.0 Å². The van der Waals surface area contributed by atoms with Crippen LogP contribution < -0.4 is 0 Å². The molecule has 0 radical (unpaired) electrons. The van der Waals surface area contributed by atoms with E-state index in [9.17, 15) is 9.59 Å². The van der Waals surface area contributed by atoms with Crippen LogP contribution in [0.25, 0.3) is 0 Å². The van der Waals surface area contributed by atoms with Crippen LogP contribution in [-0.4, -0.2) is 62.0 Å². The maximum absolute atomic E-state index is 11.7. The fraction of sp³-hybridized carbons (Fsp3) is 0.818. The highest BCUT2D eigenvalue weighted by Gasteiger charge is 2.17. The van der Waals surface area contributed by atoms with Gasteiger partial charge >= 0.3 is 0 Å². The summed E-state index contributed by atoms with van der Waals surface area (Å²) in [7, 11) is 3.36. The van der Waals surface area contributed by atoms with Crippen LogP contribution in [0.5, 0.6) is 0 Å². The van der Waals surface area contributed by atoms with Crippen molar-refractivity contribution in [2.45, 2.75) is 20.3 Å². The largest absolute Gasteiger partial charge is 0.372 e. The van der Waals surface area contributed by atoms with Crippen LogP contribution >= 0.6 is 0 Å². The molecule has 16 heavy (non-hydrogen) atoms. The van der Waals surface area contributed by atoms with E-state index < -0.39 is 0 Å². The first-order valence-corrected chi connectivity index (χ1v) is 5.58. The van der Waals surface area contributed by atoms with E-state index in [2.05, 4.69) is 0 Å². The van der Waals surface area contributed by atoms with E-state index >= 15 is 0 Å². The van der Waals surface area contributed by atoms with Crippen molar-refractivity contribution >= 4 is 11.8 Å². The zero-order valence-electron chi connectivity index (χ0n) is 10.7. The van der Waals surface area contributed by atoms with Crippen molar-refractivity contribution < 1.29 is 14.3 Å². The Bertz CT molecular complexity index is 229. The Hall–Kier alpha value is -1.10. The third-order valence-electron chi connectivity index (χ3n) is 2.10. The van der Waals surface area contributed by atoms with Gasteiger partial charge in [0.15, 0.2) is 0 Å². The van der Waals surface area contributed by atoms with E-state index in [0.717, 1.165) is 6.42 Å². The normalized spacial score (nSPS) is 10.0. The molecule has 0 aliphatic rings. The zero-order valence-corrected chi connectivity index (χ0v) is 10.7. The van der Waals surface area contributed by atoms with Gasteiger partial charge in [-0.25, -0.2) is 0 Å². The summed E-state index contributed by atoms with van der Waals surface area (Å²) in [4.78, 5) is 26.2. The summed E-state index contributed by atoms with van der Waals surface area (Å²) in [6.45, 7) is 5.09. The number of likely N-dealkylation sites (N-methyl/N-ethyl adjacent to an activating group) is 1. The summed E-state index contributed by atoms with van der Waals surface area (Å²) >= 11 is 0. The lowest BCUT2D eigenvalue weighted by Gasteiger charge is -2.23. The van der Waals surface area contributed by atoms with Crippen LogP contribution in [0.1, 0.15) is 20.3 Å². The minimum atomic E-state index is -0.126. The molecule has 0 aromatic rings. The molecule has 94 valence electrons. The molecule has 0 unspecified atom stereocenters. The molecule has 0 spiro atoms. The smallest absolute Gasteiger partial charge is 0.249 e. The third-order valence-corrected chi connectivity index (χ3v) is 2.10. The fourth-order valence-electron chi connectivity index (χ4n) is 1.15. The second kappa shape index (κ2) is 8.10. The maximum Gasteiger partial charge on any atom is 0.249 e. The predicted molar refractivity (Wildman–Crippen MR) is 62.1 cm³/mol. The Kier molecular flexibility index (Phi) is 7.54. The molecule has 0 aromatic carbocycles. The minimum Gasteiger partial charge on any atom is -0.372 e. The number of rotatable bonds is 7. The summed E-state index contributed by atoms with van der Waals surface area (Å²) in [5, 5.41) is 0. The molecule has 0 aromatic heterocycles. The molecular weight excluding hydrogens is 208 g/mol. The summed E-state index contributed by atoms with van der Waals surface area (Å²) < 4.78 is 5.05. The molecule has 5 nitrogen and oxygen atoms in total. The van der Waals surface area contributed by atoms with Crippen LogP contribution in [-0.2, 0) is 14.3 Å². The Morgan fingerprint density at radius 3 is 2.19 bits per heavy atom. The van der Waals surface area contributed by atoms with E-state index in [1.165, 1.54) is 9.80 Å². The van der Waals surface area contributed by atoms with E-state index in [4.69, 9.17) is 4.74 Å². The standard InChI is InChI=1S/C11H22N2O3/c1-5-7-13(8-10(14)12(3)4)11(15)9-16-6-2/h5-9H2,1-4H3. The Labute approximate surface area is 97.3 Å². The Morgan fingerprint density at radius 2 is 1.75 bits per heavy atom. The molecule has 0 saturated heterocycles. The average molecular weight is 230 g/mol. The van der Waals surface area contributed by atoms with Gasteiger partial charge in [0.05, 0.1) is 6.54 Å². The van der Waals surface area contributed by atoms with E-state index in [1.807, 2.05) is 13.8 Å². The molecule has 0 N–H and O–H groups in total. The second-order valence-electron chi connectivity index (χ2n) is 3.74. The first kappa shape index (κ1) is 14.9.